The lowest BCUT2D eigenvalue weighted by atomic mass is 10.1. The molecule has 1 N–H and O–H groups in total. The van der Waals surface area contributed by atoms with Crippen LogP contribution >= 0.6 is 0 Å². The molecule has 2 saturated heterocycles. The molecule has 1 atom stereocenters. The summed E-state index contributed by atoms with van der Waals surface area (Å²) in [6.45, 7) is 5.54. The van der Waals surface area contributed by atoms with E-state index in [4.69, 9.17) is 4.74 Å². The van der Waals surface area contributed by atoms with Crippen LogP contribution in [0.1, 0.15) is 30.1 Å². The fraction of sp³-hybridized carbons (Fsp3) is 0.588. The smallest absolute Gasteiger partial charge is 0.260 e. The number of amides is 2. The third-order valence-electron chi connectivity index (χ3n) is 4.49. The van der Waals surface area contributed by atoms with Gasteiger partial charge in [0.25, 0.3) is 5.91 Å². The number of carbonyl (C=O) groups is 2. The van der Waals surface area contributed by atoms with Gasteiger partial charge in [0.1, 0.15) is 11.6 Å². The first kappa shape index (κ1) is 16.7. The molecular weight excluding hydrogens is 308 g/mol. The number of rotatable bonds is 4. The molecule has 3 heterocycles. The molecule has 0 radical (unpaired) electrons. The van der Waals surface area contributed by atoms with Crippen LogP contribution in [0, 0.1) is 0 Å². The Morgan fingerprint density at radius 1 is 1.33 bits per heavy atom. The molecule has 2 fully saturated rings. The Kier molecular flexibility index (Phi) is 5.30. The zero-order valence-corrected chi connectivity index (χ0v) is 14.0. The van der Waals surface area contributed by atoms with E-state index in [1.807, 2.05) is 11.8 Å². The minimum Gasteiger partial charge on any atom is -0.477 e. The second-order valence-corrected chi connectivity index (χ2v) is 6.04. The summed E-state index contributed by atoms with van der Waals surface area (Å²) in [5, 5.41) is 3.23. The normalized spacial score (nSPS) is 21.0. The van der Waals surface area contributed by atoms with Crippen molar-refractivity contribution in [1.29, 1.82) is 0 Å². The quantitative estimate of drug-likeness (QED) is 0.870. The van der Waals surface area contributed by atoms with Crippen LogP contribution in [0.2, 0.25) is 0 Å². The van der Waals surface area contributed by atoms with Gasteiger partial charge in [-0.2, -0.15) is 0 Å². The van der Waals surface area contributed by atoms with Crippen molar-refractivity contribution in [2.75, 3.05) is 39.3 Å². The molecule has 0 bridgehead atoms. The van der Waals surface area contributed by atoms with Gasteiger partial charge in [-0.05, 0) is 31.9 Å². The van der Waals surface area contributed by atoms with Crippen molar-refractivity contribution in [2.24, 2.45) is 0 Å². The Balaban J connectivity index is 1.82. The SMILES string of the molecule is CCOc1ncccc1C(=O)N1CCNC[C@H]1C(=O)N1CCCC1. The summed E-state index contributed by atoms with van der Waals surface area (Å²) in [5.41, 5.74) is 0.417. The van der Waals surface area contributed by atoms with Crippen LogP contribution in [0.4, 0.5) is 0 Å². The maximum atomic E-state index is 13.0. The van der Waals surface area contributed by atoms with Crippen molar-refractivity contribution in [3.63, 3.8) is 0 Å². The Hall–Kier alpha value is -2.15. The maximum Gasteiger partial charge on any atom is 0.260 e. The minimum atomic E-state index is -0.459. The van der Waals surface area contributed by atoms with Crippen LogP contribution in [0.3, 0.4) is 0 Å². The Labute approximate surface area is 142 Å². The average molecular weight is 332 g/mol. The molecule has 0 spiro atoms. The highest BCUT2D eigenvalue weighted by molar-refractivity contribution is 5.99. The molecule has 130 valence electrons. The van der Waals surface area contributed by atoms with Gasteiger partial charge in [0, 0.05) is 38.9 Å². The van der Waals surface area contributed by atoms with Crippen molar-refractivity contribution in [3.05, 3.63) is 23.9 Å². The molecule has 7 heteroatoms. The van der Waals surface area contributed by atoms with Crippen molar-refractivity contribution >= 4 is 11.8 Å². The summed E-state index contributed by atoms with van der Waals surface area (Å²) in [4.78, 5) is 33.5. The first-order valence-electron chi connectivity index (χ1n) is 8.60. The predicted molar refractivity (Wildman–Crippen MR) is 88.9 cm³/mol. The molecule has 1 aromatic heterocycles. The van der Waals surface area contributed by atoms with Gasteiger partial charge in [0.15, 0.2) is 0 Å². The standard InChI is InChI=1S/C17H24N4O3/c1-2-24-15-13(6-5-7-19-15)16(22)21-11-8-18-12-14(21)17(23)20-9-3-4-10-20/h5-7,14,18H,2-4,8-12H2,1H3/t14-/m0/s1. The first-order valence-corrected chi connectivity index (χ1v) is 8.60. The van der Waals surface area contributed by atoms with Crippen molar-refractivity contribution in [1.82, 2.24) is 20.1 Å². The summed E-state index contributed by atoms with van der Waals surface area (Å²) in [6, 6.07) is 2.97. The minimum absolute atomic E-state index is 0.0369. The fourth-order valence-corrected chi connectivity index (χ4v) is 3.28. The highest BCUT2D eigenvalue weighted by Crippen LogP contribution is 2.20. The summed E-state index contributed by atoms with van der Waals surface area (Å²) >= 11 is 0. The van der Waals surface area contributed by atoms with Gasteiger partial charge in [0.2, 0.25) is 11.8 Å². The van der Waals surface area contributed by atoms with E-state index in [9.17, 15) is 9.59 Å². The lowest BCUT2D eigenvalue weighted by Crippen LogP contribution is -2.59. The Bertz CT molecular complexity index is 601. The molecule has 2 aliphatic heterocycles. The number of likely N-dealkylation sites (tertiary alicyclic amines) is 1. The molecule has 24 heavy (non-hydrogen) atoms. The first-order chi connectivity index (χ1) is 11.7. The van der Waals surface area contributed by atoms with E-state index in [1.165, 1.54) is 0 Å². The molecule has 3 rings (SSSR count). The zero-order chi connectivity index (χ0) is 16.9. The highest BCUT2D eigenvalue weighted by atomic mass is 16.5. The van der Waals surface area contributed by atoms with Gasteiger partial charge in [-0.1, -0.05) is 0 Å². The Morgan fingerprint density at radius 3 is 2.88 bits per heavy atom. The molecule has 1 aromatic rings. The predicted octanol–water partition coefficient (Wildman–Crippen LogP) is 0.517. The molecule has 0 aliphatic carbocycles. The highest BCUT2D eigenvalue weighted by Gasteiger charge is 2.36. The number of hydrogen-bond donors (Lipinski definition) is 1. The maximum absolute atomic E-state index is 13.0. The third kappa shape index (κ3) is 3.36. The second-order valence-electron chi connectivity index (χ2n) is 6.04. The number of nitrogens with zero attached hydrogens (tertiary/aromatic N) is 3. The van der Waals surface area contributed by atoms with Crippen LogP contribution < -0.4 is 10.1 Å². The lowest BCUT2D eigenvalue weighted by molar-refractivity contribution is -0.135. The van der Waals surface area contributed by atoms with Crippen molar-refractivity contribution < 1.29 is 14.3 Å². The van der Waals surface area contributed by atoms with E-state index >= 15 is 0 Å². The van der Waals surface area contributed by atoms with Crippen LogP contribution in [-0.4, -0.2) is 72.0 Å². The van der Waals surface area contributed by atoms with Crippen LogP contribution in [0.5, 0.6) is 5.88 Å². The molecule has 0 unspecified atom stereocenters. The van der Waals surface area contributed by atoms with Gasteiger partial charge < -0.3 is 19.9 Å². The van der Waals surface area contributed by atoms with Crippen LogP contribution in [0.25, 0.3) is 0 Å². The van der Waals surface area contributed by atoms with Crippen LogP contribution in [-0.2, 0) is 4.79 Å². The summed E-state index contributed by atoms with van der Waals surface area (Å²) in [7, 11) is 0. The summed E-state index contributed by atoms with van der Waals surface area (Å²) < 4.78 is 5.47. The molecule has 2 amide bonds. The van der Waals surface area contributed by atoms with Gasteiger partial charge in [-0.3, -0.25) is 9.59 Å². The van der Waals surface area contributed by atoms with Gasteiger partial charge in [-0.15, -0.1) is 0 Å². The van der Waals surface area contributed by atoms with E-state index in [0.29, 0.717) is 37.7 Å². The van der Waals surface area contributed by atoms with Gasteiger partial charge in [0.05, 0.1) is 6.61 Å². The van der Waals surface area contributed by atoms with E-state index in [1.54, 1.807) is 23.2 Å². The monoisotopic (exact) mass is 332 g/mol. The number of aromatic nitrogens is 1. The molecule has 0 aromatic carbocycles. The van der Waals surface area contributed by atoms with E-state index < -0.39 is 6.04 Å². The molecular formula is C17H24N4O3. The zero-order valence-electron chi connectivity index (χ0n) is 14.0. The lowest BCUT2D eigenvalue weighted by Gasteiger charge is -2.37. The molecule has 2 aliphatic rings. The van der Waals surface area contributed by atoms with Crippen molar-refractivity contribution in [3.8, 4) is 5.88 Å². The summed E-state index contributed by atoms with van der Waals surface area (Å²) in [6.07, 6.45) is 3.68. The number of nitrogens with one attached hydrogen (secondary N) is 1. The second kappa shape index (κ2) is 7.61. The average Bonchev–Trinajstić information content (AvgIpc) is 3.16. The summed E-state index contributed by atoms with van der Waals surface area (Å²) in [5.74, 6) is 0.177. The van der Waals surface area contributed by atoms with E-state index in [2.05, 4.69) is 10.3 Å². The number of pyridine rings is 1. The third-order valence-corrected chi connectivity index (χ3v) is 4.49. The van der Waals surface area contributed by atoms with Crippen molar-refractivity contribution in [2.45, 2.75) is 25.8 Å². The number of ether oxygens (including phenoxy) is 1. The van der Waals surface area contributed by atoms with E-state index in [0.717, 1.165) is 25.9 Å². The molecule has 0 saturated carbocycles. The number of hydrogen-bond acceptors (Lipinski definition) is 5. The number of carbonyl (C=O) groups excluding carboxylic acids is 2. The van der Waals surface area contributed by atoms with Crippen LogP contribution in [0.15, 0.2) is 18.3 Å². The Morgan fingerprint density at radius 2 is 2.12 bits per heavy atom. The number of piperazine rings is 1. The topological polar surface area (TPSA) is 74.8 Å². The van der Waals surface area contributed by atoms with Gasteiger partial charge >= 0.3 is 0 Å². The van der Waals surface area contributed by atoms with E-state index in [-0.39, 0.29) is 11.8 Å². The van der Waals surface area contributed by atoms with Gasteiger partial charge in [-0.25, -0.2) is 4.98 Å². The molecule has 7 nitrogen and oxygen atoms in total. The fourth-order valence-electron chi connectivity index (χ4n) is 3.28. The largest absolute Gasteiger partial charge is 0.477 e.